The lowest BCUT2D eigenvalue weighted by molar-refractivity contribution is -0.143. The Kier molecular flexibility index (Phi) is 6.87. The molecule has 2 amide bonds. The summed E-state index contributed by atoms with van der Waals surface area (Å²) in [5.41, 5.74) is 3.14. The zero-order valence-corrected chi connectivity index (χ0v) is 19.3. The number of carbonyl (C=O) groups excluding carboxylic acids is 2. The molecule has 3 aromatic rings. The number of nitrogens with one attached hydrogen (secondary N) is 2. The van der Waals surface area contributed by atoms with Crippen molar-refractivity contribution in [3.8, 4) is 5.75 Å². The first-order valence-corrected chi connectivity index (χ1v) is 11.4. The van der Waals surface area contributed by atoms with Gasteiger partial charge in [-0.2, -0.15) is 0 Å². The van der Waals surface area contributed by atoms with Crippen molar-refractivity contribution < 1.29 is 19.1 Å². The molecule has 33 heavy (non-hydrogen) atoms. The maximum atomic E-state index is 13.1. The molecular formula is C26H31N3O4. The van der Waals surface area contributed by atoms with E-state index >= 15 is 0 Å². The molecule has 2 N–H and O–H groups in total. The number of aromatic amines is 1. The Bertz CT molecular complexity index is 1120. The molecule has 2 aromatic carbocycles. The van der Waals surface area contributed by atoms with E-state index in [1.54, 1.807) is 12.0 Å². The van der Waals surface area contributed by atoms with E-state index in [9.17, 15) is 9.59 Å². The topological polar surface area (TPSA) is 83.7 Å². The average Bonchev–Trinajstić information content (AvgIpc) is 3.30. The second-order valence-corrected chi connectivity index (χ2v) is 8.53. The standard InChI is InChI=1S/C26H31N3O4/c1-17(21-16-27-22-10-6-4-9-20(21)22)24(25(30)33-3)28-26(31)29-14-12-18(13-15-29)19-8-5-7-11-23(19)32-2/h4-11,16-18,24,27H,12-15H2,1-3H3,(H,28,31)/t17-,24+/m0/s1. The summed E-state index contributed by atoms with van der Waals surface area (Å²) in [6.07, 6.45) is 3.58. The van der Waals surface area contributed by atoms with Crippen LogP contribution < -0.4 is 10.1 Å². The number of fused-ring (bicyclic) bond motifs is 1. The highest BCUT2D eigenvalue weighted by Crippen LogP contribution is 2.34. The zero-order chi connectivity index (χ0) is 23.4. The predicted octanol–water partition coefficient (Wildman–Crippen LogP) is 4.41. The molecule has 7 heteroatoms. The van der Waals surface area contributed by atoms with Gasteiger partial charge in [-0.1, -0.05) is 43.3 Å². The van der Waals surface area contributed by atoms with Crippen molar-refractivity contribution in [3.05, 3.63) is 65.9 Å². The third kappa shape index (κ3) is 4.67. The summed E-state index contributed by atoms with van der Waals surface area (Å²) >= 11 is 0. The van der Waals surface area contributed by atoms with Crippen molar-refractivity contribution in [2.75, 3.05) is 27.3 Å². The number of ether oxygens (including phenoxy) is 2. The fourth-order valence-electron chi connectivity index (χ4n) is 4.79. The van der Waals surface area contributed by atoms with Crippen molar-refractivity contribution in [3.63, 3.8) is 0 Å². The number of nitrogens with zero attached hydrogens (tertiary/aromatic N) is 1. The van der Waals surface area contributed by atoms with Gasteiger partial charge in [-0.3, -0.25) is 0 Å². The molecule has 1 aliphatic rings. The minimum atomic E-state index is -0.784. The van der Waals surface area contributed by atoms with Crippen molar-refractivity contribution >= 4 is 22.9 Å². The quantitative estimate of drug-likeness (QED) is 0.546. The molecule has 174 valence electrons. The van der Waals surface area contributed by atoms with E-state index in [0.29, 0.717) is 19.0 Å². The number of H-pyrrole nitrogens is 1. The van der Waals surface area contributed by atoms with Gasteiger partial charge in [-0.05, 0) is 42.0 Å². The van der Waals surface area contributed by atoms with Gasteiger partial charge in [0.1, 0.15) is 11.8 Å². The first kappa shape index (κ1) is 22.7. The number of likely N-dealkylation sites (tertiary alicyclic amines) is 1. The Balaban J connectivity index is 1.44. The lowest BCUT2D eigenvalue weighted by Crippen LogP contribution is -2.52. The first-order valence-electron chi connectivity index (χ1n) is 11.4. The number of piperidine rings is 1. The molecule has 2 heterocycles. The van der Waals surface area contributed by atoms with Gasteiger partial charge in [0.05, 0.1) is 14.2 Å². The number of esters is 1. The molecule has 2 atom stereocenters. The number of rotatable bonds is 6. The Hall–Kier alpha value is -3.48. The number of amides is 2. The lowest BCUT2D eigenvalue weighted by atomic mass is 9.89. The molecule has 1 aromatic heterocycles. The van der Waals surface area contributed by atoms with Crippen LogP contribution in [-0.2, 0) is 9.53 Å². The largest absolute Gasteiger partial charge is 0.496 e. The van der Waals surface area contributed by atoms with Crippen molar-refractivity contribution in [1.82, 2.24) is 15.2 Å². The zero-order valence-electron chi connectivity index (χ0n) is 19.3. The van der Waals surface area contributed by atoms with Crippen molar-refractivity contribution in [1.29, 1.82) is 0 Å². The summed E-state index contributed by atoms with van der Waals surface area (Å²) in [4.78, 5) is 30.8. The Morgan fingerprint density at radius 3 is 2.48 bits per heavy atom. The molecule has 0 radical (unpaired) electrons. The molecule has 0 saturated carbocycles. The molecule has 1 fully saturated rings. The van der Waals surface area contributed by atoms with E-state index in [1.807, 2.05) is 55.6 Å². The fourth-order valence-corrected chi connectivity index (χ4v) is 4.79. The van der Waals surface area contributed by atoms with E-state index in [-0.39, 0.29) is 11.9 Å². The normalized spacial score (nSPS) is 16.3. The molecule has 0 aliphatic carbocycles. The summed E-state index contributed by atoms with van der Waals surface area (Å²) in [7, 11) is 3.03. The summed E-state index contributed by atoms with van der Waals surface area (Å²) in [6.45, 7) is 3.17. The fraction of sp³-hybridized carbons (Fsp3) is 0.385. The second kappa shape index (κ2) is 9.98. The van der Waals surface area contributed by atoms with Crippen LogP contribution in [0.15, 0.2) is 54.7 Å². The molecule has 0 spiro atoms. The highest BCUT2D eigenvalue weighted by Gasteiger charge is 2.33. The SMILES string of the molecule is COC(=O)[C@H](NC(=O)N1CCC(c2ccccc2OC)CC1)[C@@H](C)c1c[nH]c2ccccc12. The van der Waals surface area contributed by atoms with Crippen LogP contribution in [0.5, 0.6) is 5.75 Å². The molecule has 1 aliphatic heterocycles. The Morgan fingerprint density at radius 2 is 1.76 bits per heavy atom. The monoisotopic (exact) mass is 449 g/mol. The molecule has 0 unspecified atom stereocenters. The van der Waals surface area contributed by atoms with E-state index in [4.69, 9.17) is 9.47 Å². The highest BCUT2D eigenvalue weighted by atomic mass is 16.5. The maximum Gasteiger partial charge on any atom is 0.329 e. The third-order valence-corrected chi connectivity index (χ3v) is 6.71. The van der Waals surface area contributed by atoms with Gasteiger partial charge in [0, 0.05) is 36.1 Å². The number of carbonyl (C=O) groups is 2. The van der Waals surface area contributed by atoms with Gasteiger partial charge in [-0.25, -0.2) is 9.59 Å². The number of para-hydroxylation sites is 2. The highest BCUT2D eigenvalue weighted by molar-refractivity contribution is 5.88. The number of methoxy groups -OCH3 is 2. The van der Waals surface area contributed by atoms with Gasteiger partial charge in [-0.15, -0.1) is 0 Å². The van der Waals surface area contributed by atoms with Gasteiger partial charge < -0.3 is 24.7 Å². The second-order valence-electron chi connectivity index (χ2n) is 8.53. The van der Waals surface area contributed by atoms with Gasteiger partial charge >= 0.3 is 12.0 Å². The lowest BCUT2D eigenvalue weighted by Gasteiger charge is -2.34. The average molecular weight is 450 g/mol. The van der Waals surface area contributed by atoms with Crippen LogP contribution in [-0.4, -0.2) is 55.2 Å². The molecule has 1 saturated heterocycles. The van der Waals surface area contributed by atoms with E-state index in [2.05, 4.69) is 16.4 Å². The van der Waals surface area contributed by atoms with Crippen LogP contribution in [0.1, 0.15) is 42.7 Å². The van der Waals surface area contributed by atoms with E-state index in [0.717, 1.165) is 35.1 Å². The van der Waals surface area contributed by atoms with Crippen LogP contribution in [0.4, 0.5) is 4.79 Å². The number of urea groups is 1. The minimum absolute atomic E-state index is 0.240. The van der Waals surface area contributed by atoms with Crippen LogP contribution in [0.3, 0.4) is 0 Å². The van der Waals surface area contributed by atoms with Crippen LogP contribution >= 0.6 is 0 Å². The van der Waals surface area contributed by atoms with Crippen LogP contribution in [0, 0.1) is 0 Å². The van der Waals surface area contributed by atoms with Gasteiger partial charge in [0.25, 0.3) is 0 Å². The molecule has 0 bridgehead atoms. The van der Waals surface area contributed by atoms with Gasteiger partial charge in [0.2, 0.25) is 0 Å². The predicted molar refractivity (Wildman–Crippen MR) is 128 cm³/mol. The van der Waals surface area contributed by atoms with Crippen molar-refractivity contribution in [2.45, 2.75) is 37.6 Å². The number of aromatic nitrogens is 1. The Morgan fingerprint density at radius 1 is 1.06 bits per heavy atom. The summed E-state index contributed by atoms with van der Waals surface area (Å²) in [6, 6.07) is 14.9. The third-order valence-electron chi connectivity index (χ3n) is 6.71. The summed E-state index contributed by atoms with van der Waals surface area (Å²) in [5.74, 6) is 0.513. The summed E-state index contributed by atoms with van der Waals surface area (Å²) in [5, 5.41) is 3.97. The van der Waals surface area contributed by atoms with Crippen molar-refractivity contribution in [2.24, 2.45) is 0 Å². The van der Waals surface area contributed by atoms with E-state index in [1.165, 1.54) is 12.7 Å². The molecule has 7 nitrogen and oxygen atoms in total. The van der Waals surface area contributed by atoms with E-state index < -0.39 is 12.0 Å². The smallest absolute Gasteiger partial charge is 0.329 e. The first-order chi connectivity index (χ1) is 16.0. The van der Waals surface area contributed by atoms with Gasteiger partial charge in [0.15, 0.2) is 0 Å². The molecular weight excluding hydrogens is 418 g/mol. The Labute approximate surface area is 194 Å². The van der Waals surface area contributed by atoms with Crippen LogP contribution in [0.25, 0.3) is 10.9 Å². The minimum Gasteiger partial charge on any atom is -0.496 e. The summed E-state index contributed by atoms with van der Waals surface area (Å²) < 4.78 is 10.5. The number of benzene rings is 2. The molecule has 4 rings (SSSR count). The van der Waals surface area contributed by atoms with Crippen LogP contribution in [0.2, 0.25) is 0 Å². The number of hydrogen-bond donors (Lipinski definition) is 2. The maximum absolute atomic E-state index is 13.1. The number of hydrogen-bond acceptors (Lipinski definition) is 4.